The van der Waals surface area contributed by atoms with E-state index in [4.69, 9.17) is 5.73 Å². The Kier molecular flexibility index (Phi) is 8.81. The highest BCUT2D eigenvalue weighted by atomic mass is 32.2. The molecule has 0 saturated heterocycles. The van der Waals surface area contributed by atoms with Crippen molar-refractivity contribution in [3.8, 4) is 11.1 Å². The van der Waals surface area contributed by atoms with Gasteiger partial charge in [0.2, 0.25) is 10.0 Å². The second-order valence-electron chi connectivity index (χ2n) is 10.7. The minimum atomic E-state index is -4.69. The molecule has 11 heteroatoms. The van der Waals surface area contributed by atoms with E-state index in [1.165, 1.54) is 32.3 Å². The number of alkyl halides is 3. The summed E-state index contributed by atoms with van der Waals surface area (Å²) < 4.78 is 66.2. The third-order valence-corrected chi connectivity index (χ3v) is 9.49. The minimum absolute atomic E-state index is 0.0501. The van der Waals surface area contributed by atoms with Crippen molar-refractivity contribution < 1.29 is 31.5 Å². The van der Waals surface area contributed by atoms with Crippen molar-refractivity contribution in [1.82, 2.24) is 4.31 Å². The molecule has 1 unspecified atom stereocenters. The van der Waals surface area contributed by atoms with E-state index in [0.717, 1.165) is 46.8 Å². The molecule has 1 amide bonds. The van der Waals surface area contributed by atoms with Crippen LogP contribution in [0.5, 0.6) is 0 Å². The SMILES string of the molecule is CN(C)S(=O)(=O)c1ccc(-c2cccc(CC(O)(C(=O)Nc3ccc(N)c(C(F)(F)F)c3)C3CCCCC3)c2)cc1. The average molecular weight is 590 g/mol. The van der Waals surface area contributed by atoms with E-state index in [1.807, 2.05) is 12.1 Å². The van der Waals surface area contributed by atoms with Gasteiger partial charge < -0.3 is 16.2 Å². The summed E-state index contributed by atoms with van der Waals surface area (Å²) in [6.07, 6.45) is -0.867. The summed E-state index contributed by atoms with van der Waals surface area (Å²) >= 11 is 0. The standard InChI is InChI=1S/C30H34F3N3O4S/c1-36(2)41(39,40)25-14-11-21(12-15-25)22-8-6-7-20(17-22)19-29(38,23-9-4-3-5-10-23)28(37)35-24-13-16-27(34)26(18-24)30(31,32)33/h6-8,11-18,23,38H,3-5,9-10,19,34H2,1-2H3,(H,35,37). The Morgan fingerprint density at radius 2 is 1.63 bits per heavy atom. The summed E-state index contributed by atoms with van der Waals surface area (Å²) in [7, 11) is -0.668. The van der Waals surface area contributed by atoms with Gasteiger partial charge >= 0.3 is 6.18 Å². The van der Waals surface area contributed by atoms with Gasteiger partial charge in [-0.25, -0.2) is 12.7 Å². The van der Waals surface area contributed by atoms with Crippen molar-refractivity contribution >= 4 is 27.3 Å². The van der Waals surface area contributed by atoms with Gasteiger partial charge in [-0.1, -0.05) is 55.7 Å². The van der Waals surface area contributed by atoms with Crippen LogP contribution in [-0.2, 0) is 27.4 Å². The van der Waals surface area contributed by atoms with E-state index in [9.17, 15) is 31.5 Å². The number of benzene rings is 3. The summed E-state index contributed by atoms with van der Waals surface area (Å²) in [6.45, 7) is 0. The fourth-order valence-electron chi connectivity index (χ4n) is 5.31. The molecule has 1 aliphatic carbocycles. The van der Waals surface area contributed by atoms with Crippen LogP contribution in [0.4, 0.5) is 24.5 Å². The normalized spacial score (nSPS) is 16.4. The van der Waals surface area contributed by atoms with Gasteiger partial charge in [0.15, 0.2) is 0 Å². The van der Waals surface area contributed by atoms with Crippen molar-refractivity contribution in [2.75, 3.05) is 25.1 Å². The molecule has 0 aliphatic heterocycles. The lowest BCUT2D eigenvalue weighted by atomic mass is 9.73. The van der Waals surface area contributed by atoms with E-state index in [0.29, 0.717) is 18.4 Å². The van der Waals surface area contributed by atoms with Gasteiger partial charge in [-0.3, -0.25) is 4.79 Å². The lowest BCUT2D eigenvalue weighted by molar-refractivity contribution is -0.142. The largest absolute Gasteiger partial charge is 0.418 e. The maximum atomic E-state index is 13.6. The highest BCUT2D eigenvalue weighted by molar-refractivity contribution is 7.89. The van der Waals surface area contributed by atoms with E-state index in [1.54, 1.807) is 24.3 Å². The lowest BCUT2D eigenvalue weighted by Gasteiger charge is -2.37. The predicted octanol–water partition coefficient (Wildman–Crippen LogP) is 5.70. The Hall–Kier alpha value is -3.41. The van der Waals surface area contributed by atoms with Crippen LogP contribution in [0.3, 0.4) is 0 Å². The first-order valence-corrected chi connectivity index (χ1v) is 14.8. The van der Waals surface area contributed by atoms with Crippen molar-refractivity contribution in [3.63, 3.8) is 0 Å². The molecule has 7 nitrogen and oxygen atoms in total. The average Bonchev–Trinajstić information content (AvgIpc) is 2.94. The molecular weight excluding hydrogens is 555 g/mol. The zero-order valence-corrected chi connectivity index (χ0v) is 23.7. The van der Waals surface area contributed by atoms with Crippen LogP contribution in [-0.4, -0.2) is 43.4 Å². The van der Waals surface area contributed by atoms with Crippen molar-refractivity contribution in [3.05, 3.63) is 77.9 Å². The molecule has 0 bridgehead atoms. The zero-order valence-electron chi connectivity index (χ0n) is 22.9. The molecule has 3 aromatic rings. The Labute approximate surface area is 238 Å². The molecule has 41 heavy (non-hydrogen) atoms. The van der Waals surface area contributed by atoms with Gasteiger partial charge in [-0.2, -0.15) is 13.2 Å². The molecule has 1 fully saturated rings. The highest BCUT2D eigenvalue weighted by Gasteiger charge is 2.44. The second-order valence-corrected chi connectivity index (χ2v) is 12.9. The summed E-state index contributed by atoms with van der Waals surface area (Å²) in [5.41, 5.74) is 4.17. The zero-order chi connectivity index (χ0) is 30.0. The molecule has 1 atom stereocenters. The number of nitrogens with zero attached hydrogens (tertiary/aromatic N) is 1. The van der Waals surface area contributed by atoms with Crippen molar-refractivity contribution in [2.45, 2.75) is 55.2 Å². The van der Waals surface area contributed by atoms with Gasteiger partial charge in [0, 0.05) is 31.9 Å². The van der Waals surface area contributed by atoms with Gasteiger partial charge in [-0.05, 0) is 65.8 Å². The number of sulfonamides is 1. The number of nitrogens with one attached hydrogen (secondary N) is 1. The lowest BCUT2D eigenvalue weighted by Crippen LogP contribution is -2.51. The van der Waals surface area contributed by atoms with Crippen LogP contribution in [0, 0.1) is 5.92 Å². The maximum Gasteiger partial charge on any atom is 0.418 e. The topological polar surface area (TPSA) is 113 Å². The molecule has 4 rings (SSSR count). The first-order chi connectivity index (χ1) is 19.2. The van der Waals surface area contributed by atoms with E-state index in [2.05, 4.69) is 5.32 Å². The van der Waals surface area contributed by atoms with Crippen LogP contribution in [0.25, 0.3) is 11.1 Å². The van der Waals surface area contributed by atoms with E-state index >= 15 is 0 Å². The smallest absolute Gasteiger partial charge is 0.398 e. The maximum absolute atomic E-state index is 13.6. The Bertz CT molecular complexity index is 1500. The third kappa shape index (κ3) is 6.74. The van der Waals surface area contributed by atoms with Crippen LogP contribution in [0.1, 0.15) is 43.2 Å². The molecule has 1 saturated carbocycles. The first-order valence-electron chi connectivity index (χ1n) is 13.3. The molecule has 3 aromatic carbocycles. The van der Waals surface area contributed by atoms with Crippen molar-refractivity contribution in [1.29, 1.82) is 0 Å². The summed E-state index contributed by atoms with van der Waals surface area (Å²) in [5.74, 6) is -1.16. The fraction of sp³-hybridized carbons (Fsp3) is 0.367. The number of hydrogen-bond acceptors (Lipinski definition) is 5. The molecule has 0 aromatic heterocycles. The van der Waals surface area contributed by atoms with Crippen LogP contribution < -0.4 is 11.1 Å². The minimum Gasteiger partial charge on any atom is -0.398 e. The van der Waals surface area contributed by atoms with Crippen LogP contribution in [0.15, 0.2) is 71.6 Å². The molecule has 220 valence electrons. The number of carbonyl (C=O) groups is 1. The molecule has 0 radical (unpaired) electrons. The molecular formula is C30H34F3N3O4S. The number of amides is 1. The quantitative estimate of drug-likeness (QED) is 0.292. The number of nitrogens with two attached hydrogens (primary N) is 1. The highest BCUT2D eigenvalue weighted by Crippen LogP contribution is 2.38. The van der Waals surface area contributed by atoms with Crippen molar-refractivity contribution in [2.24, 2.45) is 5.92 Å². The van der Waals surface area contributed by atoms with Crippen LogP contribution >= 0.6 is 0 Å². The van der Waals surface area contributed by atoms with E-state index < -0.39 is 39.0 Å². The molecule has 1 aliphatic rings. The number of hydrogen-bond donors (Lipinski definition) is 3. The van der Waals surface area contributed by atoms with Crippen LogP contribution in [0.2, 0.25) is 0 Å². The second kappa shape index (κ2) is 11.8. The fourth-order valence-corrected chi connectivity index (χ4v) is 6.21. The Morgan fingerprint density at radius 1 is 0.976 bits per heavy atom. The first kappa shape index (κ1) is 30.5. The Morgan fingerprint density at radius 3 is 2.24 bits per heavy atom. The van der Waals surface area contributed by atoms with Gasteiger partial charge in [0.25, 0.3) is 5.91 Å². The number of nitrogen functional groups attached to an aromatic ring is 1. The summed E-state index contributed by atoms with van der Waals surface area (Å²) in [4.78, 5) is 13.7. The molecule has 4 N–H and O–H groups in total. The monoisotopic (exact) mass is 589 g/mol. The predicted molar refractivity (Wildman–Crippen MR) is 152 cm³/mol. The van der Waals surface area contributed by atoms with E-state index in [-0.39, 0.29) is 22.9 Å². The Balaban J connectivity index is 1.63. The van der Waals surface area contributed by atoms with Gasteiger partial charge in [0.1, 0.15) is 5.60 Å². The molecule has 0 heterocycles. The number of carbonyl (C=O) groups excluding carboxylic acids is 1. The third-order valence-electron chi connectivity index (χ3n) is 7.66. The van der Waals surface area contributed by atoms with Gasteiger partial charge in [-0.15, -0.1) is 0 Å². The number of halogens is 3. The number of anilines is 2. The summed E-state index contributed by atoms with van der Waals surface area (Å²) in [6, 6.07) is 16.8. The number of rotatable bonds is 8. The van der Waals surface area contributed by atoms with Gasteiger partial charge in [0.05, 0.1) is 10.5 Å². The number of aliphatic hydroxyl groups is 1. The molecule has 0 spiro atoms. The summed E-state index contributed by atoms with van der Waals surface area (Å²) in [5, 5.41) is 14.4.